The highest BCUT2D eigenvalue weighted by molar-refractivity contribution is 8.14. The SMILES string of the molecule is CC(C)(C)SC(=O)N[C@H]1/C=C/CCCC[C@H]1N. The van der Waals surface area contributed by atoms with Gasteiger partial charge in [-0.3, -0.25) is 4.79 Å². The molecule has 3 N–H and O–H groups in total. The lowest BCUT2D eigenvalue weighted by molar-refractivity contribution is 0.257. The number of amides is 1. The van der Waals surface area contributed by atoms with Crippen LogP contribution >= 0.6 is 11.8 Å². The predicted molar refractivity (Wildman–Crippen MR) is 75.2 cm³/mol. The van der Waals surface area contributed by atoms with Crippen molar-refractivity contribution in [2.45, 2.75) is 63.3 Å². The molecule has 2 atom stereocenters. The van der Waals surface area contributed by atoms with Crippen LogP contribution in [0, 0.1) is 0 Å². The third kappa shape index (κ3) is 6.13. The van der Waals surface area contributed by atoms with Crippen LogP contribution in [0.2, 0.25) is 0 Å². The highest BCUT2D eigenvalue weighted by Gasteiger charge is 2.22. The number of hydrogen-bond acceptors (Lipinski definition) is 3. The molecular weight excluding hydrogens is 232 g/mol. The third-order valence-electron chi connectivity index (χ3n) is 2.65. The lowest BCUT2D eigenvalue weighted by Gasteiger charge is -2.25. The molecule has 1 aliphatic carbocycles. The second kappa shape index (κ2) is 6.45. The summed E-state index contributed by atoms with van der Waals surface area (Å²) in [6.45, 7) is 6.10. The fraction of sp³-hybridized carbons (Fsp3) is 0.769. The Bertz CT molecular complexity index is 284. The summed E-state index contributed by atoms with van der Waals surface area (Å²) >= 11 is 1.32. The predicted octanol–water partition coefficient (Wildman–Crippen LogP) is 3.05. The maximum Gasteiger partial charge on any atom is 0.280 e. The second-order valence-corrected chi connectivity index (χ2v) is 7.35. The number of carbonyl (C=O) groups excluding carboxylic acids is 1. The van der Waals surface area contributed by atoms with Crippen molar-refractivity contribution in [2.75, 3.05) is 0 Å². The van der Waals surface area contributed by atoms with Gasteiger partial charge in [0.05, 0.1) is 6.04 Å². The van der Waals surface area contributed by atoms with E-state index in [2.05, 4.69) is 11.4 Å². The molecule has 17 heavy (non-hydrogen) atoms. The van der Waals surface area contributed by atoms with E-state index in [9.17, 15) is 4.79 Å². The van der Waals surface area contributed by atoms with Crippen LogP contribution in [-0.2, 0) is 0 Å². The molecule has 0 saturated heterocycles. The van der Waals surface area contributed by atoms with E-state index in [0.717, 1.165) is 19.3 Å². The van der Waals surface area contributed by atoms with Crippen molar-refractivity contribution in [2.24, 2.45) is 5.73 Å². The number of rotatable bonds is 1. The zero-order chi connectivity index (χ0) is 12.9. The molecule has 0 saturated carbocycles. The molecule has 0 aromatic carbocycles. The van der Waals surface area contributed by atoms with Gasteiger partial charge in [-0.15, -0.1) is 0 Å². The summed E-state index contributed by atoms with van der Waals surface area (Å²) in [7, 11) is 0. The van der Waals surface area contributed by atoms with Gasteiger partial charge in [0, 0.05) is 10.8 Å². The van der Waals surface area contributed by atoms with E-state index in [1.807, 2.05) is 26.8 Å². The van der Waals surface area contributed by atoms with Crippen LogP contribution in [0.5, 0.6) is 0 Å². The monoisotopic (exact) mass is 256 g/mol. The van der Waals surface area contributed by atoms with Crippen LogP contribution in [0.25, 0.3) is 0 Å². The van der Waals surface area contributed by atoms with Crippen LogP contribution < -0.4 is 11.1 Å². The number of nitrogens with one attached hydrogen (secondary N) is 1. The fourth-order valence-electron chi connectivity index (χ4n) is 1.81. The first kappa shape index (κ1) is 14.6. The fourth-order valence-corrected chi connectivity index (χ4v) is 2.56. The Morgan fingerprint density at radius 3 is 2.76 bits per heavy atom. The second-order valence-electron chi connectivity index (χ2n) is 5.55. The smallest absolute Gasteiger partial charge is 0.280 e. The van der Waals surface area contributed by atoms with Gasteiger partial charge in [-0.1, -0.05) is 51.1 Å². The van der Waals surface area contributed by atoms with E-state index in [-0.39, 0.29) is 22.1 Å². The van der Waals surface area contributed by atoms with Crippen LogP contribution in [0.3, 0.4) is 0 Å². The van der Waals surface area contributed by atoms with Crippen molar-refractivity contribution in [1.82, 2.24) is 5.32 Å². The van der Waals surface area contributed by atoms with Gasteiger partial charge in [-0.2, -0.15) is 0 Å². The van der Waals surface area contributed by atoms with Crippen molar-refractivity contribution in [3.8, 4) is 0 Å². The van der Waals surface area contributed by atoms with Crippen molar-refractivity contribution in [3.63, 3.8) is 0 Å². The number of hydrogen-bond donors (Lipinski definition) is 2. The van der Waals surface area contributed by atoms with Gasteiger partial charge >= 0.3 is 0 Å². The first-order chi connectivity index (χ1) is 7.88. The van der Waals surface area contributed by atoms with Crippen molar-refractivity contribution >= 4 is 17.0 Å². The molecule has 0 aromatic rings. The molecule has 1 amide bonds. The Kier molecular flexibility index (Phi) is 5.53. The van der Waals surface area contributed by atoms with Gasteiger partial charge in [0.2, 0.25) is 0 Å². The first-order valence-electron chi connectivity index (χ1n) is 6.30. The van der Waals surface area contributed by atoms with E-state index in [4.69, 9.17) is 5.73 Å². The Morgan fingerprint density at radius 2 is 2.12 bits per heavy atom. The molecule has 3 nitrogen and oxygen atoms in total. The first-order valence-corrected chi connectivity index (χ1v) is 7.12. The number of carbonyl (C=O) groups is 1. The molecule has 0 radical (unpaired) electrons. The maximum absolute atomic E-state index is 11.8. The van der Waals surface area contributed by atoms with Crippen molar-refractivity contribution in [1.29, 1.82) is 0 Å². The molecule has 0 aromatic heterocycles. The van der Waals surface area contributed by atoms with Crippen molar-refractivity contribution in [3.05, 3.63) is 12.2 Å². The summed E-state index contributed by atoms with van der Waals surface area (Å²) in [6.07, 6.45) is 8.59. The largest absolute Gasteiger partial charge is 0.339 e. The summed E-state index contributed by atoms with van der Waals surface area (Å²) in [5.41, 5.74) is 6.09. The van der Waals surface area contributed by atoms with Gasteiger partial charge in [-0.05, 0) is 19.3 Å². The van der Waals surface area contributed by atoms with Gasteiger partial charge in [0.1, 0.15) is 0 Å². The molecule has 0 unspecified atom stereocenters. The summed E-state index contributed by atoms with van der Waals surface area (Å²) in [6, 6.07) is 0.0220. The maximum atomic E-state index is 11.8. The highest BCUT2D eigenvalue weighted by Crippen LogP contribution is 2.24. The summed E-state index contributed by atoms with van der Waals surface area (Å²) in [5.74, 6) is 0. The van der Waals surface area contributed by atoms with Crippen LogP contribution in [0.15, 0.2) is 12.2 Å². The summed E-state index contributed by atoms with van der Waals surface area (Å²) < 4.78 is -0.0560. The third-order valence-corrected chi connectivity index (χ3v) is 3.56. The van der Waals surface area contributed by atoms with Crippen LogP contribution in [0.4, 0.5) is 4.79 Å². The average Bonchev–Trinajstić information content (AvgIpc) is 2.15. The van der Waals surface area contributed by atoms with Gasteiger partial charge in [-0.25, -0.2) is 0 Å². The molecule has 98 valence electrons. The highest BCUT2D eigenvalue weighted by atomic mass is 32.2. The zero-order valence-electron chi connectivity index (χ0n) is 11.0. The van der Waals surface area contributed by atoms with Gasteiger partial charge in [0.15, 0.2) is 0 Å². The molecule has 4 heteroatoms. The number of thioether (sulfide) groups is 1. The van der Waals surface area contributed by atoms with E-state index >= 15 is 0 Å². The Hall–Kier alpha value is -0.480. The minimum Gasteiger partial charge on any atom is -0.339 e. The van der Waals surface area contributed by atoms with Crippen LogP contribution in [-0.4, -0.2) is 22.1 Å². The zero-order valence-corrected chi connectivity index (χ0v) is 11.8. The Balaban J connectivity index is 2.52. The number of nitrogens with two attached hydrogens (primary N) is 1. The average molecular weight is 256 g/mol. The topological polar surface area (TPSA) is 55.1 Å². The number of allylic oxidation sites excluding steroid dienone is 1. The lowest BCUT2D eigenvalue weighted by atomic mass is 9.98. The van der Waals surface area contributed by atoms with Crippen molar-refractivity contribution < 1.29 is 4.79 Å². The van der Waals surface area contributed by atoms with E-state index in [1.165, 1.54) is 18.2 Å². The molecule has 0 bridgehead atoms. The molecular formula is C13H24N2OS. The molecule has 0 fully saturated rings. The van der Waals surface area contributed by atoms with Gasteiger partial charge in [0.25, 0.3) is 5.24 Å². The summed E-state index contributed by atoms with van der Waals surface area (Å²) in [4.78, 5) is 11.8. The van der Waals surface area contributed by atoms with E-state index in [0.29, 0.717) is 0 Å². The molecule has 0 heterocycles. The lowest BCUT2D eigenvalue weighted by Crippen LogP contribution is -2.46. The molecule has 1 aliphatic rings. The molecule has 0 spiro atoms. The van der Waals surface area contributed by atoms with E-state index < -0.39 is 0 Å². The minimum absolute atomic E-state index is 0.0161. The Labute approximate surface area is 109 Å². The quantitative estimate of drug-likeness (QED) is 0.709. The minimum atomic E-state index is -0.0560. The van der Waals surface area contributed by atoms with Gasteiger partial charge < -0.3 is 11.1 Å². The normalized spacial score (nSPS) is 28.0. The van der Waals surface area contributed by atoms with E-state index in [1.54, 1.807) is 0 Å². The summed E-state index contributed by atoms with van der Waals surface area (Å²) in [5, 5.41) is 3.02. The Morgan fingerprint density at radius 1 is 1.41 bits per heavy atom. The van der Waals surface area contributed by atoms with Crippen LogP contribution in [0.1, 0.15) is 46.5 Å². The molecule has 0 aliphatic heterocycles. The standard InChI is InChI=1S/C13H24N2OS/c1-13(2,3)17-12(16)15-11-9-7-5-4-6-8-10(11)14/h7,9-11H,4-6,8,14H2,1-3H3,(H,15,16)/b9-7+/t10-,11+/m1/s1. The molecule has 1 rings (SSSR count).